The topological polar surface area (TPSA) is 103 Å². The van der Waals surface area contributed by atoms with Crippen LogP contribution in [0.15, 0.2) is 48.5 Å². The smallest absolute Gasteiger partial charge is 0.273 e. The van der Waals surface area contributed by atoms with Gasteiger partial charge in [0.05, 0.1) is 16.3 Å². The maximum Gasteiger partial charge on any atom is 0.273 e. The quantitative estimate of drug-likeness (QED) is 0.488. The van der Waals surface area contributed by atoms with Gasteiger partial charge in [0.1, 0.15) is 0 Å². The number of nitrogens with zero attached hydrogens (tertiary/aromatic N) is 4. The normalized spacial score (nSPS) is 11.3. The minimum Gasteiger partial charge on any atom is -0.350 e. The summed E-state index contributed by atoms with van der Waals surface area (Å²) in [5.41, 5.74) is 1.71. The molecule has 0 bridgehead atoms. The molecule has 2 aromatic carbocycles. The number of carbonyl (C=O) groups is 1. The van der Waals surface area contributed by atoms with Gasteiger partial charge in [0.25, 0.3) is 11.6 Å². The molecule has 0 saturated carbocycles. The number of nitrogens with one attached hydrogen (secondary N) is 1. The number of halogens is 1. The predicted octanol–water partition coefficient (Wildman–Crippen LogP) is 3.84. The fourth-order valence-electron chi connectivity index (χ4n) is 2.92. The third-order valence-corrected chi connectivity index (χ3v) is 4.93. The van der Waals surface area contributed by atoms with Crippen LogP contribution >= 0.6 is 11.6 Å². The van der Waals surface area contributed by atoms with Gasteiger partial charge in [-0.25, -0.2) is 4.68 Å². The first-order valence-corrected chi connectivity index (χ1v) is 9.28. The van der Waals surface area contributed by atoms with Crippen molar-refractivity contribution in [2.75, 3.05) is 6.54 Å². The Morgan fingerprint density at radius 2 is 1.97 bits per heavy atom. The molecule has 0 saturated heterocycles. The van der Waals surface area contributed by atoms with Crippen LogP contribution in [-0.2, 0) is 5.41 Å². The maximum absolute atomic E-state index is 12.7. The summed E-state index contributed by atoms with van der Waals surface area (Å²) in [6.07, 6.45) is 0. The van der Waals surface area contributed by atoms with Gasteiger partial charge in [-0.2, -0.15) is 0 Å². The Hall–Kier alpha value is -3.26. The number of hydrogen-bond donors (Lipinski definition) is 1. The van der Waals surface area contributed by atoms with Crippen LogP contribution in [0.4, 0.5) is 5.69 Å². The van der Waals surface area contributed by atoms with E-state index in [-0.39, 0.29) is 22.7 Å². The molecule has 9 heteroatoms. The minimum absolute atomic E-state index is 0.0633. The van der Waals surface area contributed by atoms with Crippen LogP contribution in [0.3, 0.4) is 0 Å². The molecule has 0 aliphatic heterocycles. The van der Waals surface area contributed by atoms with E-state index in [0.717, 1.165) is 5.56 Å². The van der Waals surface area contributed by atoms with E-state index in [1.807, 2.05) is 32.0 Å². The van der Waals surface area contributed by atoms with E-state index >= 15 is 0 Å². The highest BCUT2D eigenvalue weighted by Crippen LogP contribution is 2.25. The van der Waals surface area contributed by atoms with E-state index in [1.165, 1.54) is 16.8 Å². The van der Waals surface area contributed by atoms with E-state index in [9.17, 15) is 14.9 Å². The Bertz CT molecular complexity index is 1080. The first-order valence-electron chi connectivity index (χ1n) is 8.90. The maximum atomic E-state index is 12.7. The molecule has 1 heterocycles. The van der Waals surface area contributed by atoms with Crippen LogP contribution in [0.1, 0.15) is 35.6 Å². The Kier molecular flexibility index (Phi) is 5.65. The molecule has 3 rings (SSSR count). The summed E-state index contributed by atoms with van der Waals surface area (Å²) in [4.78, 5) is 23.2. The lowest BCUT2D eigenvalue weighted by Crippen LogP contribution is -2.37. The van der Waals surface area contributed by atoms with Gasteiger partial charge in [0, 0.05) is 29.1 Å². The number of nitro groups is 1. The van der Waals surface area contributed by atoms with Crippen molar-refractivity contribution in [2.45, 2.75) is 26.2 Å². The average molecular weight is 414 g/mol. The number of rotatable bonds is 6. The highest BCUT2D eigenvalue weighted by Gasteiger charge is 2.24. The summed E-state index contributed by atoms with van der Waals surface area (Å²) in [7, 11) is 0. The number of aromatic nitrogens is 3. The molecule has 29 heavy (non-hydrogen) atoms. The molecule has 1 amide bonds. The highest BCUT2D eigenvalue weighted by molar-refractivity contribution is 6.30. The predicted molar refractivity (Wildman–Crippen MR) is 110 cm³/mol. The summed E-state index contributed by atoms with van der Waals surface area (Å²) in [6.45, 7) is 6.07. The van der Waals surface area contributed by atoms with Crippen molar-refractivity contribution in [3.8, 4) is 5.69 Å². The molecule has 150 valence electrons. The number of hydrogen-bond acceptors (Lipinski definition) is 5. The Labute approximate surface area is 172 Å². The number of carbonyl (C=O) groups excluding carboxylic acids is 1. The molecule has 3 aromatic rings. The van der Waals surface area contributed by atoms with E-state index in [0.29, 0.717) is 22.9 Å². The van der Waals surface area contributed by atoms with Crippen molar-refractivity contribution >= 4 is 23.2 Å². The van der Waals surface area contributed by atoms with Crippen LogP contribution < -0.4 is 5.32 Å². The van der Waals surface area contributed by atoms with Crippen LogP contribution in [-0.4, -0.2) is 32.4 Å². The molecule has 8 nitrogen and oxygen atoms in total. The first kappa shape index (κ1) is 20.5. The SMILES string of the molecule is Cc1c(C(=O)NCC(C)(C)c2cccc(Cl)c2)nnn1-c1cccc([N+](=O)[O-])c1. The Morgan fingerprint density at radius 3 is 2.66 bits per heavy atom. The van der Waals surface area contributed by atoms with Gasteiger partial charge in [0.15, 0.2) is 5.69 Å². The van der Waals surface area contributed by atoms with Crippen molar-refractivity contribution in [3.05, 3.63) is 80.6 Å². The van der Waals surface area contributed by atoms with Crippen molar-refractivity contribution < 1.29 is 9.72 Å². The summed E-state index contributed by atoms with van der Waals surface area (Å²) < 4.78 is 1.41. The van der Waals surface area contributed by atoms with Gasteiger partial charge in [0.2, 0.25) is 0 Å². The van der Waals surface area contributed by atoms with E-state index < -0.39 is 4.92 Å². The van der Waals surface area contributed by atoms with Crippen molar-refractivity contribution in [2.24, 2.45) is 0 Å². The minimum atomic E-state index is -0.485. The summed E-state index contributed by atoms with van der Waals surface area (Å²) >= 11 is 6.07. The van der Waals surface area contributed by atoms with Gasteiger partial charge < -0.3 is 5.32 Å². The third kappa shape index (κ3) is 4.43. The Morgan fingerprint density at radius 1 is 1.24 bits per heavy atom. The first-order chi connectivity index (χ1) is 13.7. The average Bonchev–Trinajstić information content (AvgIpc) is 3.08. The second-order valence-corrected chi connectivity index (χ2v) is 7.73. The zero-order valence-corrected chi connectivity index (χ0v) is 17.0. The van der Waals surface area contributed by atoms with Crippen LogP contribution in [0.25, 0.3) is 5.69 Å². The summed E-state index contributed by atoms with van der Waals surface area (Å²) in [5.74, 6) is -0.366. The second kappa shape index (κ2) is 8.00. The monoisotopic (exact) mass is 413 g/mol. The van der Waals surface area contributed by atoms with E-state index in [2.05, 4.69) is 15.6 Å². The van der Waals surface area contributed by atoms with Crippen molar-refractivity contribution in [1.82, 2.24) is 20.3 Å². The number of nitro benzene ring substituents is 1. The molecule has 1 aromatic heterocycles. The lowest BCUT2D eigenvalue weighted by molar-refractivity contribution is -0.384. The number of non-ortho nitro benzene ring substituents is 1. The van der Waals surface area contributed by atoms with Crippen molar-refractivity contribution in [3.63, 3.8) is 0 Å². The fraction of sp³-hybridized carbons (Fsp3) is 0.250. The molecular formula is C20H20ClN5O3. The molecule has 0 fully saturated rings. The summed E-state index contributed by atoms with van der Waals surface area (Å²) in [6, 6.07) is 13.5. The van der Waals surface area contributed by atoms with Gasteiger partial charge in [-0.3, -0.25) is 14.9 Å². The van der Waals surface area contributed by atoms with Gasteiger partial charge in [-0.15, -0.1) is 5.10 Å². The van der Waals surface area contributed by atoms with Gasteiger partial charge in [-0.1, -0.05) is 48.9 Å². The van der Waals surface area contributed by atoms with Gasteiger partial charge in [-0.05, 0) is 30.7 Å². The second-order valence-electron chi connectivity index (χ2n) is 7.29. The largest absolute Gasteiger partial charge is 0.350 e. The van der Waals surface area contributed by atoms with Crippen LogP contribution in [0, 0.1) is 17.0 Å². The van der Waals surface area contributed by atoms with E-state index in [1.54, 1.807) is 25.1 Å². The Balaban J connectivity index is 1.77. The van der Waals surface area contributed by atoms with Crippen LogP contribution in [0.5, 0.6) is 0 Å². The van der Waals surface area contributed by atoms with Crippen molar-refractivity contribution in [1.29, 1.82) is 0 Å². The molecule has 0 aliphatic carbocycles. The highest BCUT2D eigenvalue weighted by atomic mass is 35.5. The molecular weight excluding hydrogens is 394 g/mol. The molecule has 1 N–H and O–H groups in total. The molecule has 0 aliphatic rings. The number of benzene rings is 2. The summed E-state index contributed by atoms with van der Waals surface area (Å²) in [5, 5.41) is 22.5. The lowest BCUT2D eigenvalue weighted by Gasteiger charge is -2.25. The third-order valence-electron chi connectivity index (χ3n) is 4.69. The van der Waals surface area contributed by atoms with Crippen LogP contribution in [0.2, 0.25) is 5.02 Å². The molecule has 0 atom stereocenters. The standard InChI is InChI=1S/C20H20ClN5O3/c1-13-18(23-24-25(13)16-8-5-9-17(11-16)26(28)29)19(27)22-12-20(2,3)14-6-4-7-15(21)10-14/h4-11H,12H2,1-3H3,(H,22,27). The zero-order valence-electron chi connectivity index (χ0n) is 16.2. The zero-order chi connectivity index (χ0) is 21.2. The number of amides is 1. The molecule has 0 spiro atoms. The van der Waals surface area contributed by atoms with E-state index in [4.69, 9.17) is 11.6 Å². The lowest BCUT2D eigenvalue weighted by atomic mass is 9.84. The fourth-order valence-corrected chi connectivity index (χ4v) is 3.11. The molecule has 0 radical (unpaired) electrons. The van der Waals surface area contributed by atoms with Gasteiger partial charge >= 0.3 is 0 Å². The molecule has 0 unspecified atom stereocenters.